The molecule has 0 aromatic heterocycles. The lowest BCUT2D eigenvalue weighted by atomic mass is 9.83. The van der Waals surface area contributed by atoms with E-state index in [0.29, 0.717) is 39.8 Å². The summed E-state index contributed by atoms with van der Waals surface area (Å²) in [7, 11) is 0. The van der Waals surface area contributed by atoms with E-state index in [0.717, 1.165) is 19.3 Å². The van der Waals surface area contributed by atoms with Crippen LogP contribution >= 0.6 is 0 Å². The summed E-state index contributed by atoms with van der Waals surface area (Å²) in [6.07, 6.45) is 4.45. The Labute approximate surface area is 151 Å². The molecule has 4 nitrogen and oxygen atoms in total. The van der Waals surface area contributed by atoms with Crippen LogP contribution < -0.4 is 5.32 Å². The van der Waals surface area contributed by atoms with Gasteiger partial charge >= 0.3 is 0 Å². The first-order valence-corrected chi connectivity index (χ1v) is 9.26. The summed E-state index contributed by atoms with van der Waals surface area (Å²) in [5.74, 6) is 0.814. The van der Waals surface area contributed by atoms with E-state index in [9.17, 15) is 14.4 Å². The highest BCUT2D eigenvalue weighted by atomic mass is 16.2. The van der Waals surface area contributed by atoms with Crippen molar-refractivity contribution in [3.05, 3.63) is 64.7 Å². The number of rotatable bonds is 2. The summed E-state index contributed by atoms with van der Waals surface area (Å²) >= 11 is 0. The van der Waals surface area contributed by atoms with Gasteiger partial charge < -0.3 is 5.32 Å². The second-order valence-electron chi connectivity index (χ2n) is 7.70. The molecule has 2 aromatic carbocycles. The monoisotopic (exact) mass is 345 g/mol. The number of nitrogens with one attached hydrogen (secondary N) is 1. The number of hydrogen-bond acceptors (Lipinski definition) is 3. The molecule has 3 aliphatic carbocycles. The largest absolute Gasteiger partial charge is 0.325 e. The quantitative estimate of drug-likeness (QED) is 0.767. The summed E-state index contributed by atoms with van der Waals surface area (Å²) in [5.41, 5.74) is 2.00. The lowest BCUT2D eigenvalue weighted by molar-refractivity contribution is -0.121. The van der Waals surface area contributed by atoms with Crippen molar-refractivity contribution in [1.29, 1.82) is 0 Å². The first-order valence-electron chi connectivity index (χ1n) is 9.26. The zero-order valence-corrected chi connectivity index (χ0v) is 14.3. The molecule has 3 aliphatic rings. The maximum absolute atomic E-state index is 13.0. The molecule has 130 valence electrons. The molecule has 3 atom stereocenters. The molecule has 2 fully saturated rings. The van der Waals surface area contributed by atoms with Crippen LogP contribution in [0.2, 0.25) is 0 Å². The van der Waals surface area contributed by atoms with Crippen LogP contribution in [0.3, 0.4) is 0 Å². The normalized spacial score (nSPS) is 25.8. The third-order valence-corrected chi connectivity index (χ3v) is 6.29. The van der Waals surface area contributed by atoms with Gasteiger partial charge in [0.05, 0.1) is 11.3 Å². The van der Waals surface area contributed by atoms with Crippen LogP contribution in [0, 0.1) is 17.8 Å². The van der Waals surface area contributed by atoms with Crippen molar-refractivity contribution < 1.29 is 14.4 Å². The first-order chi connectivity index (χ1) is 12.6. The van der Waals surface area contributed by atoms with Crippen LogP contribution in [0.4, 0.5) is 5.69 Å². The average Bonchev–Trinajstić information content (AvgIpc) is 3.29. The molecular weight excluding hydrogens is 326 g/mol. The number of anilines is 1. The molecule has 2 bridgehead atoms. The van der Waals surface area contributed by atoms with E-state index in [-0.39, 0.29) is 23.4 Å². The van der Waals surface area contributed by atoms with Gasteiger partial charge in [-0.3, -0.25) is 14.4 Å². The topological polar surface area (TPSA) is 63.2 Å². The van der Waals surface area contributed by atoms with Gasteiger partial charge in [-0.25, -0.2) is 0 Å². The van der Waals surface area contributed by atoms with E-state index >= 15 is 0 Å². The third-order valence-electron chi connectivity index (χ3n) is 6.29. The van der Waals surface area contributed by atoms with Crippen LogP contribution in [0.1, 0.15) is 57.5 Å². The Morgan fingerprint density at radius 2 is 1.58 bits per heavy atom. The SMILES string of the molecule is O=C1c2ccccc2C(=O)c2c(NC(=O)[C@@H]3C[C@@H]4CC[C@@H]3C4)cccc21. The Hall–Kier alpha value is -2.75. The van der Waals surface area contributed by atoms with E-state index in [2.05, 4.69) is 5.32 Å². The van der Waals surface area contributed by atoms with Crippen molar-refractivity contribution in [3.63, 3.8) is 0 Å². The zero-order valence-electron chi connectivity index (χ0n) is 14.3. The smallest absolute Gasteiger partial charge is 0.227 e. The van der Waals surface area contributed by atoms with Gasteiger partial charge in [0.1, 0.15) is 0 Å². The van der Waals surface area contributed by atoms with Gasteiger partial charge in [-0.1, -0.05) is 42.8 Å². The Bertz CT molecular complexity index is 962. The molecule has 1 N–H and O–H groups in total. The van der Waals surface area contributed by atoms with Gasteiger partial charge in [0.25, 0.3) is 0 Å². The molecule has 0 aliphatic heterocycles. The number of carbonyl (C=O) groups is 3. The first kappa shape index (κ1) is 15.5. The van der Waals surface area contributed by atoms with Crippen molar-refractivity contribution in [2.24, 2.45) is 17.8 Å². The Kier molecular flexibility index (Phi) is 3.36. The second-order valence-corrected chi connectivity index (χ2v) is 7.70. The molecule has 2 saturated carbocycles. The maximum Gasteiger partial charge on any atom is 0.227 e. The minimum Gasteiger partial charge on any atom is -0.325 e. The van der Waals surface area contributed by atoms with Crippen molar-refractivity contribution in [3.8, 4) is 0 Å². The highest BCUT2D eigenvalue weighted by molar-refractivity contribution is 6.30. The number of amides is 1. The van der Waals surface area contributed by atoms with E-state index in [1.54, 1.807) is 42.5 Å². The van der Waals surface area contributed by atoms with Crippen molar-refractivity contribution >= 4 is 23.2 Å². The number of fused-ring (bicyclic) bond motifs is 4. The second kappa shape index (κ2) is 5.63. The van der Waals surface area contributed by atoms with Crippen LogP contribution in [0.25, 0.3) is 0 Å². The van der Waals surface area contributed by atoms with Crippen molar-refractivity contribution in [1.82, 2.24) is 0 Å². The number of ketones is 2. The van der Waals surface area contributed by atoms with Crippen molar-refractivity contribution in [2.45, 2.75) is 25.7 Å². The molecule has 0 heterocycles. The van der Waals surface area contributed by atoms with E-state index in [1.807, 2.05) is 0 Å². The Balaban J connectivity index is 1.51. The molecule has 1 amide bonds. The molecule has 2 aromatic rings. The fourth-order valence-corrected chi connectivity index (χ4v) is 5.04. The van der Waals surface area contributed by atoms with Crippen molar-refractivity contribution in [2.75, 3.05) is 5.32 Å². The molecule has 0 spiro atoms. The molecule has 4 heteroatoms. The van der Waals surface area contributed by atoms with E-state index in [1.165, 1.54) is 6.42 Å². The highest BCUT2D eigenvalue weighted by Gasteiger charge is 2.43. The standard InChI is InChI=1S/C22H19NO3/c24-20-14-4-1-2-5-15(14)21(25)19-16(20)6-3-7-18(19)23-22(26)17-11-12-8-9-13(17)10-12/h1-7,12-13,17H,8-11H2,(H,23,26)/t12-,13-,17-/m1/s1. The van der Waals surface area contributed by atoms with Crippen LogP contribution in [-0.4, -0.2) is 17.5 Å². The fraction of sp³-hybridized carbons (Fsp3) is 0.318. The molecule has 0 unspecified atom stereocenters. The third kappa shape index (κ3) is 2.18. The van der Waals surface area contributed by atoms with Gasteiger partial charge in [-0.05, 0) is 37.2 Å². The highest BCUT2D eigenvalue weighted by Crippen LogP contribution is 2.48. The summed E-state index contributed by atoms with van der Waals surface area (Å²) in [4.78, 5) is 38.6. The van der Waals surface area contributed by atoms with Gasteiger partial charge in [0, 0.05) is 22.6 Å². The van der Waals surface area contributed by atoms with Gasteiger partial charge in [-0.15, -0.1) is 0 Å². The lowest BCUT2D eigenvalue weighted by Crippen LogP contribution is -2.29. The summed E-state index contributed by atoms with van der Waals surface area (Å²) in [5, 5.41) is 2.97. The number of carbonyl (C=O) groups excluding carboxylic acids is 3. The predicted molar refractivity (Wildman–Crippen MR) is 97.3 cm³/mol. The maximum atomic E-state index is 13.0. The fourth-order valence-electron chi connectivity index (χ4n) is 5.04. The minimum atomic E-state index is -0.195. The zero-order chi connectivity index (χ0) is 17.8. The summed E-state index contributed by atoms with van der Waals surface area (Å²) in [6.45, 7) is 0. The van der Waals surface area contributed by atoms with E-state index < -0.39 is 0 Å². The van der Waals surface area contributed by atoms with Gasteiger partial charge in [0.2, 0.25) is 5.91 Å². The van der Waals surface area contributed by atoms with Gasteiger partial charge in [0.15, 0.2) is 11.6 Å². The molecule has 0 radical (unpaired) electrons. The molecule has 5 rings (SSSR count). The Morgan fingerprint density at radius 3 is 2.27 bits per heavy atom. The Morgan fingerprint density at radius 1 is 0.846 bits per heavy atom. The molecule has 0 saturated heterocycles. The lowest BCUT2D eigenvalue weighted by Gasteiger charge is -2.23. The number of benzene rings is 2. The number of hydrogen-bond donors (Lipinski definition) is 1. The predicted octanol–water partition coefficient (Wildman–Crippen LogP) is 3.84. The minimum absolute atomic E-state index is 0.00953. The molecular formula is C22H19NO3. The summed E-state index contributed by atoms with van der Waals surface area (Å²) in [6, 6.07) is 12.0. The van der Waals surface area contributed by atoms with Crippen LogP contribution in [0.15, 0.2) is 42.5 Å². The summed E-state index contributed by atoms with van der Waals surface area (Å²) < 4.78 is 0. The van der Waals surface area contributed by atoms with Crippen LogP contribution in [-0.2, 0) is 4.79 Å². The van der Waals surface area contributed by atoms with E-state index in [4.69, 9.17) is 0 Å². The van der Waals surface area contributed by atoms with Crippen LogP contribution in [0.5, 0.6) is 0 Å². The van der Waals surface area contributed by atoms with Gasteiger partial charge in [-0.2, -0.15) is 0 Å². The average molecular weight is 345 g/mol. The molecule has 26 heavy (non-hydrogen) atoms.